The number of carbonyl (C=O) groups is 2. The highest BCUT2D eigenvalue weighted by molar-refractivity contribution is 7.08. The number of nitrogens with zero attached hydrogens (tertiary/aromatic N) is 1. The molecule has 5 heteroatoms. The number of hydrogen-bond acceptors (Lipinski definition) is 3. The van der Waals surface area contributed by atoms with Gasteiger partial charge in [0, 0.05) is 13.6 Å². The summed E-state index contributed by atoms with van der Waals surface area (Å²) in [5.41, 5.74) is 2.19. The Morgan fingerprint density at radius 3 is 2.43 bits per heavy atom. The van der Waals surface area contributed by atoms with Crippen LogP contribution in [0.3, 0.4) is 0 Å². The van der Waals surface area contributed by atoms with E-state index >= 15 is 0 Å². The summed E-state index contributed by atoms with van der Waals surface area (Å²) in [6.45, 7) is 2.36. The van der Waals surface area contributed by atoms with Crippen LogP contribution in [0.2, 0.25) is 0 Å². The van der Waals surface area contributed by atoms with Crippen molar-refractivity contribution in [1.29, 1.82) is 0 Å². The number of rotatable bonds is 5. The van der Waals surface area contributed by atoms with Crippen LogP contribution in [0.5, 0.6) is 0 Å². The van der Waals surface area contributed by atoms with E-state index < -0.39 is 5.97 Å². The zero-order chi connectivity index (χ0) is 15.4. The molecule has 21 heavy (non-hydrogen) atoms. The Morgan fingerprint density at radius 1 is 1.24 bits per heavy atom. The van der Waals surface area contributed by atoms with Gasteiger partial charge >= 0.3 is 5.97 Å². The van der Waals surface area contributed by atoms with Crippen LogP contribution in [-0.2, 0) is 11.3 Å². The number of aromatic carboxylic acids is 1. The number of carbonyl (C=O) groups excluding carboxylic acids is 1. The SMILES string of the molecule is CC(C(=O)N(C)Cc1ccc(C(=O)O)cc1)c1ccsc1. The third kappa shape index (κ3) is 3.70. The zero-order valence-electron chi connectivity index (χ0n) is 11.9. The molecule has 1 aromatic carbocycles. The molecule has 0 aliphatic rings. The quantitative estimate of drug-likeness (QED) is 0.922. The van der Waals surface area contributed by atoms with Gasteiger partial charge in [0.1, 0.15) is 0 Å². The number of carboxylic acids is 1. The van der Waals surface area contributed by atoms with Crippen molar-refractivity contribution in [3.05, 3.63) is 57.8 Å². The van der Waals surface area contributed by atoms with E-state index in [4.69, 9.17) is 5.11 Å². The van der Waals surface area contributed by atoms with Crippen LogP contribution < -0.4 is 0 Å². The van der Waals surface area contributed by atoms with E-state index in [2.05, 4.69) is 0 Å². The van der Waals surface area contributed by atoms with Crippen LogP contribution in [0, 0.1) is 0 Å². The first-order valence-corrected chi connectivity index (χ1v) is 7.52. The average Bonchev–Trinajstić information content (AvgIpc) is 3.00. The standard InChI is InChI=1S/C16H17NO3S/c1-11(14-7-8-21-10-14)15(18)17(2)9-12-3-5-13(6-4-12)16(19)20/h3-8,10-11H,9H2,1-2H3,(H,19,20). The van der Waals surface area contributed by atoms with Crippen molar-refractivity contribution in [3.63, 3.8) is 0 Å². The summed E-state index contributed by atoms with van der Waals surface area (Å²) in [6.07, 6.45) is 0. The Balaban J connectivity index is 2.02. The van der Waals surface area contributed by atoms with E-state index in [-0.39, 0.29) is 17.4 Å². The van der Waals surface area contributed by atoms with Crippen molar-refractivity contribution in [2.45, 2.75) is 19.4 Å². The van der Waals surface area contributed by atoms with Crippen molar-refractivity contribution < 1.29 is 14.7 Å². The summed E-state index contributed by atoms with van der Waals surface area (Å²) >= 11 is 1.58. The molecule has 110 valence electrons. The maximum absolute atomic E-state index is 12.4. The van der Waals surface area contributed by atoms with E-state index in [1.807, 2.05) is 23.8 Å². The van der Waals surface area contributed by atoms with E-state index in [9.17, 15) is 9.59 Å². The fourth-order valence-corrected chi connectivity index (χ4v) is 2.85. The fraction of sp³-hybridized carbons (Fsp3) is 0.250. The predicted octanol–water partition coefficient (Wildman–Crippen LogP) is 3.21. The van der Waals surface area contributed by atoms with Gasteiger partial charge in [-0.15, -0.1) is 0 Å². The average molecular weight is 303 g/mol. The molecule has 0 aliphatic carbocycles. The normalized spacial score (nSPS) is 11.9. The molecule has 1 unspecified atom stereocenters. The summed E-state index contributed by atoms with van der Waals surface area (Å²) in [4.78, 5) is 24.8. The minimum atomic E-state index is -0.947. The lowest BCUT2D eigenvalue weighted by Gasteiger charge is -2.21. The molecular weight excluding hydrogens is 286 g/mol. The molecule has 0 saturated heterocycles. The zero-order valence-corrected chi connectivity index (χ0v) is 12.8. The maximum atomic E-state index is 12.4. The highest BCUT2D eigenvalue weighted by Crippen LogP contribution is 2.21. The van der Waals surface area contributed by atoms with Gasteiger partial charge < -0.3 is 10.0 Å². The van der Waals surface area contributed by atoms with Crippen LogP contribution in [0.1, 0.15) is 34.3 Å². The Bertz CT molecular complexity index is 619. The second-order valence-corrected chi connectivity index (χ2v) is 5.75. The highest BCUT2D eigenvalue weighted by Gasteiger charge is 2.19. The molecule has 2 aromatic rings. The fourth-order valence-electron chi connectivity index (χ4n) is 2.10. The van der Waals surface area contributed by atoms with E-state index in [1.54, 1.807) is 47.5 Å². The summed E-state index contributed by atoms with van der Waals surface area (Å²) in [7, 11) is 1.76. The van der Waals surface area contributed by atoms with Gasteiger partial charge in [0.05, 0.1) is 11.5 Å². The number of benzene rings is 1. The minimum Gasteiger partial charge on any atom is -0.478 e. The second kappa shape index (κ2) is 6.54. The number of thiophene rings is 1. The lowest BCUT2D eigenvalue weighted by Crippen LogP contribution is -2.30. The van der Waals surface area contributed by atoms with Gasteiger partial charge in [-0.1, -0.05) is 12.1 Å². The summed E-state index contributed by atoms with van der Waals surface area (Å²) in [6, 6.07) is 8.55. The number of carboxylic acid groups (broad SMARTS) is 1. The number of hydrogen-bond donors (Lipinski definition) is 1. The Kier molecular flexibility index (Phi) is 4.75. The second-order valence-electron chi connectivity index (χ2n) is 4.97. The Hall–Kier alpha value is -2.14. The topological polar surface area (TPSA) is 57.6 Å². The van der Waals surface area contributed by atoms with Gasteiger partial charge in [-0.05, 0) is 47.0 Å². The van der Waals surface area contributed by atoms with Crippen molar-refractivity contribution in [3.8, 4) is 0 Å². The van der Waals surface area contributed by atoms with Crippen molar-refractivity contribution in [2.24, 2.45) is 0 Å². The molecule has 2 rings (SSSR count). The predicted molar refractivity (Wildman–Crippen MR) is 82.6 cm³/mol. The smallest absolute Gasteiger partial charge is 0.335 e. The van der Waals surface area contributed by atoms with Crippen LogP contribution in [0.4, 0.5) is 0 Å². The molecular formula is C16H17NO3S. The molecule has 1 heterocycles. The molecule has 1 aromatic heterocycles. The number of likely N-dealkylation sites (N-methyl/N-ethyl adjacent to an activating group) is 1. The number of amides is 1. The van der Waals surface area contributed by atoms with Gasteiger partial charge in [-0.25, -0.2) is 4.79 Å². The molecule has 4 nitrogen and oxygen atoms in total. The van der Waals surface area contributed by atoms with Crippen LogP contribution in [0.15, 0.2) is 41.1 Å². The van der Waals surface area contributed by atoms with E-state index in [1.165, 1.54) is 0 Å². The molecule has 1 atom stereocenters. The maximum Gasteiger partial charge on any atom is 0.335 e. The van der Waals surface area contributed by atoms with Gasteiger partial charge in [-0.3, -0.25) is 4.79 Å². The van der Waals surface area contributed by atoms with Crippen molar-refractivity contribution in [2.75, 3.05) is 7.05 Å². The van der Waals surface area contributed by atoms with E-state index in [0.717, 1.165) is 11.1 Å². The van der Waals surface area contributed by atoms with Crippen LogP contribution >= 0.6 is 11.3 Å². The molecule has 0 radical (unpaired) electrons. The highest BCUT2D eigenvalue weighted by atomic mass is 32.1. The largest absolute Gasteiger partial charge is 0.478 e. The van der Waals surface area contributed by atoms with Crippen molar-refractivity contribution >= 4 is 23.2 Å². The van der Waals surface area contributed by atoms with Gasteiger partial charge in [0.2, 0.25) is 5.91 Å². The Morgan fingerprint density at radius 2 is 1.90 bits per heavy atom. The van der Waals surface area contributed by atoms with Crippen LogP contribution in [0.25, 0.3) is 0 Å². The molecule has 0 spiro atoms. The third-order valence-corrected chi connectivity index (χ3v) is 4.11. The molecule has 1 N–H and O–H groups in total. The summed E-state index contributed by atoms with van der Waals surface area (Å²) in [5, 5.41) is 12.8. The van der Waals surface area contributed by atoms with E-state index in [0.29, 0.717) is 6.54 Å². The molecule has 0 saturated carbocycles. The lowest BCUT2D eigenvalue weighted by molar-refractivity contribution is -0.131. The van der Waals surface area contributed by atoms with Crippen molar-refractivity contribution in [1.82, 2.24) is 4.90 Å². The van der Waals surface area contributed by atoms with Gasteiger partial charge in [0.25, 0.3) is 0 Å². The Labute approximate surface area is 127 Å². The van der Waals surface area contributed by atoms with Gasteiger partial charge in [0.15, 0.2) is 0 Å². The molecule has 0 aliphatic heterocycles. The minimum absolute atomic E-state index is 0.0516. The molecule has 0 bridgehead atoms. The molecule has 0 fully saturated rings. The van der Waals surface area contributed by atoms with Gasteiger partial charge in [-0.2, -0.15) is 11.3 Å². The molecule has 1 amide bonds. The first-order chi connectivity index (χ1) is 9.99. The summed E-state index contributed by atoms with van der Waals surface area (Å²) in [5.74, 6) is -1.06. The summed E-state index contributed by atoms with van der Waals surface area (Å²) < 4.78 is 0. The van der Waals surface area contributed by atoms with Crippen LogP contribution in [-0.4, -0.2) is 28.9 Å². The first-order valence-electron chi connectivity index (χ1n) is 6.58. The lowest BCUT2D eigenvalue weighted by atomic mass is 10.0. The first kappa shape index (κ1) is 15.3. The monoisotopic (exact) mass is 303 g/mol. The third-order valence-electron chi connectivity index (χ3n) is 3.41.